The summed E-state index contributed by atoms with van der Waals surface area (Å²) < 4.78 is 5.93. The van der Waals surface area contributed by atoms with Gasteiger partial charge < -0.3 is 10.1 Å². The highest BCUT2D eigenvalue weighted by Gasteiger charge is 2.27. The van der Waals surface area contributed by atoms with Crippen molar-refractivity contribution < 1.29 is 4.74 Å². The zero-order chi connectivity index (χ0) is 14.1. The lowest BCUT2D eigenvalue weighted by atomic mass is 10.1. The Balaban J connectivity index is 1.91. The van der Waals surface area contributed by atoms with Gasteiger partial charge >= 0.3 is 0 Å². The number of rotatable bonds is 4. The lowest BCUT2D eigenvalue weighted by molar-refractivity contribution is 0.455. The summed E-state index contributed by atoms with van der Waals surface area (Å²) in [5, 5.41) is 3.07. The van der Waals surface area contributed by atoms with Crippen LogP contribution in [0.2, 0.25) is 0 Å². The molecule has 0 radical (unpaired) electrons. The molecule has 1 saturated carbocycles. The smallest absolute Gasteiger partial charge is 0.224 e. The monoisotopic (exact) mass is 269 g/mol. The number of benzene rings is 1. The quantitative estimate of drug-likeness (QED) is 0.917. The van der Waals surface area contributed by atoms with E-state index >= 15 is 0 Å². The van der Waals surface area contributed by atoms with E-state index in [0.29, 0.717) is 11.8 Å². The van der Waals surface area contributed by atoms with Gasteiger partial charge in [-0.1, -0.05) is 17.7 Å². The Hall–Kier alpha value is -2.10. The van der Waals surface area contributed by atoms with E-state index in [1.807, 2.05) is 32.2 Å². The van der Waals surface area contributed by atoms with Crippen molar-refractivity contribution in [3.8, 4) is 11.6 Å². The fraction of sp³-hybridized carbons (Fsp3) is 0.375. The number of aromatic nitrogens is 2. The predicted molar refractivity (Wildman–Crippen MR) is 79.5 cm³/mol. The van der Waals surface area contributed by atoms with Gasteiger partial charge in [-0.2, -0.15) is 4.98 Å². The SMILES string of the molecule is CNc1cc(Oc2ccc(C)cc2C)nc(C2CC2)n1. The predicted octanol–water partition coefficient (Wildman–Crippen LogP) is 3.80. The fourth-order valence-electron chi connectivity index (χ4n) is 2.17. The minimum atomic E-state index is 0.504. The molecule has 1 aromatic heterocycles. The molecular formula is C16H19N3O. The average molecular weight is 269 g/mol. The molecule has 0 unspecified atom stereocenters. The molecule has 0 bridgehead atoms. The van der Waals surface area contributed by atoms with E-state index in [1.165, 1.54) is 18.4 Å². The van der Waals surface area contributed by atoms with E-state index in [-0.39, 0.29) is 0 Å². The molecule has 0 saturated heterocycles. The van der Waals surface area contributed by atoms with Crippen molar-refractivity contribution >= 4 is 5.82 Å². The van der Waals surface area contributed by atoms with Crippen LogP contribution in [0.15, 0.2) is 24.3 Å². The molecule has 104 valence electrons. The van der Waals surface area contributed by atoms with Crippen molar-refractivity contribution in [2.24, 2.45) is 0 Å². The van der Waals surface area contributed by atoms with Crippen LogP contribution in [-0.4, -0.2) is 17.0 Å². The third kappa shape index (κ3) is 2.74. The molecule has 1 N–H and O–H groups in total. The Labute approximate surface area is 119 Å². The van der Waals surface area contributed by atoms with Gasteiger partial charge in [0.25, 0.3) is 0 Å². The molecule has 4 nitrogen and oxygen atoms in total. The summed E-state index contributed by atoms with van der Waals surface area (Å²) in [4.78, 5) is 9.02. The molecule has 1 heterocycles. The second kappa shape index (κ2) is 5.12. The van der Waals surface area contributed by atoms with Gasteiger partial charge in [0, 0.05) is 19.0 Å². The maximum atomic E-state index is 5.93. The lowest BCUT2D eigenvalue weighted by Crippen LogP contribution is -2.01. The fourth-order valence-corrected chi connectivity index (χ4v) is 2.17. The maximum absolute atomic E-state index is 5.93. The van der Waals surface area contributed by atoms with Gasteiger partial charge in [0.05, 0.1) is 0 Å². The number of aryl methyl sites for hydroxylation is 2. The van der Waals surface area contributed by atoms with Crippen molar-refractivity contribution in [1.29, 1.82) is 0 Å². The largest absolute Gasteiger partial charge is 0.439 e. The van der Waals surface area contributed by atoms with Crippen LogP contribution < -0.4 is 10.1 Å². The summed E-state index contributed by atoms with van der Waals surface area (Å²) in [5.74, 6) is 3.65. The molecule has 1 fully saturated rings. The zero-order valence-electron chi connectivity index (χ0n) is 12.1. The molecule has 0 spiro atoms. The van der Waals surface area contributed by atoms with Crippen molar-refractivity contribution in [3.05, 3.63) is 41.2 Å². The van der Waals surface area contributed by atoms with Crippen LogP contribution in [-0.2, 0) is 0 Å². The van der Waals surface area contributed by atoms with Crippen molar-refractivity contribution in [1.82, 2.24) is 9.97 Å². The van der Waals surface area contributed by atoms with Crippen LogP contribution in [0.5, 0.6) is 11.6 Å². The van der Waals surface area contributed by atoms with E-state index in [1.54, 1.807) is 0 Å². The van der Waals surface area contributed by atoms with E-state index in [0.717, 1.165) is 23.0 Å². The van der Waals surface area contributed by atoms with Crippen LogP contribution >= 0.6 is 0 Å². The van der Waals surface area contributed by atoms with Gasteiger partial charge in [0.2, 0.25) is 5.88 Å². The molecular weight excluding hydrogens is 250 g/mol. The highest BCUT2D eigenvalue weighted by atomic mass is 16.5. The summed E-state index contributed by atoms with van der Waals surface area (Å²) in [6, 6.07) is 7.98. The molecule has 0 atom stereocenters. The van der Waals surface area contributed by atoms with Crippen LogP contribution in [0, 0.1) is 13.8 Å². The number of nitrogens with one attached hydrogen (secondary N) is 1. The Morgan fingerprint density at radius 1 is 1.15 bits per heavy atom. The van der Waals surface area contributed by atoms with E-state index < -0.39 is 0 Å². The molecule has 0 amide bonds. The van der Waals surface area contributed by atoms with Gasteiger partial charge in [0.15, 0.2) is 0 Å². The lowest BCUT2D eigenvalue weighted by Gasteiger charge is -2.11. The maximum Gasteiger partial charge on any atom is 0.224 e. The summed E-state index contributed by atoms with van der Waals surface area (Å²) in [6.45, 7) is 4.12. The number of hydrogen-bond acceptors (Lipinski definition) is 4. The second-order valence-corrected chi connectivity index (χ2v) is 5.34. The van der Waals surface area contributed by atoms with E-state index in [4.69, 9.17) is 4.74 Å². The van der Waals surface area contributed by atoms with Crippen LogP contribution in [0.3, 0.4) is 0 Å². The number of ether oxygens (including phenoxy) is 1. The standard InChI is InChI=1S/C16H19N3O/c1-10-4-7-13(11(2)8-10)20-15-9-14(17-3)18-16(19-15)12-5-6-12/h4,7-9,12H,5-6H2,1-3H3,(H,17,18,19). The van der Waals surface area contributed by atoms with Crippen molar-refractivity contribution in [2.75, 3.05) is 12.4 Å². The number of nitrogens with zero attached hydrogens (tertiary/aromatic N) is 2. The summed E-state index contributed by atoms with van der Waals surface area (Å²) >= 11 is 0. The van der Waals surface area contributed by atoms with Crippen LogP contribution in [0.25, 0.3) is 0 Å². The van der Waals surface area contributed by atoms with Gasteiger partial charge in [-0.25, -0.2) is 4.98 Å². The minimum absolute atomic E-state index is 0.504. The minimum Gasteiger partial charge on any atom is -0.439 e. The first kappa shape index (κ1) is 12.9. The molecule has 4 heteroatoms. The van der Waals surface area contributed by atoms with Crippen molar-refractivity contribution in [3.63, 3.8) is 0 Å². The second-order valence-electron chi connectivity index (χ2n) is 5.34. The van der Waals surface area contributed by atoms with Gasteiger partial charge in [-0.05, 0) is 38.3 Å². The van der Waals surface area contributed by atoms with Gasteiger partial charge in [-0.3, -0.25) is 0 Å². The molecule has 1 aromatic carbocycles. The van der Waals surface area contributed by atoms with Gasteiger partial charge in [0.1, 0.15) is 17.4 Å². The first-order valence-electron chi connectivity index (χ1n) is 6.97. The third-order valence-electron chi connectivity index (χ3n) is 3.46. The molecule has 1 aliphatic carbocycles. The average Bonchev–Trinajstić information content (AvgIpc) is 3.26. The molecule has 2 aromatic rings. The highest BCUT2D eigenvalue weighted by Crippen LogP contribution is 2.39. The Kier molecular flexibility index (Phi) is 3.30. The summed E-state index contributed by atoms with van der Waals surface area (Å²) in [7, 11) is 1.86. The van der Waals surface area contributed by atoms with E-state index in [9.17, 15) is 0 Å². The third-order valence-corrected chi connectivity index (χ3v) is 3.46. The van der Waals surface area contributed by atoms with Crippen molar-refractivity contribution in [2.45, 2.75) is 32.6 Å². The Morgan fingerprint density at radius 2 is 1.95 bits per heavy atom. The normalized spacial score (nSPS) is 14.2. The summed E-state index contributed by atoms with van der Waals surface area (Å²) in [6.07, 6.45) is 2.35. The highest BCUT2D eigenvalue weighted by molar-refractivity contribution is 5.42. The summed E-state index contributed by atoms with van der Waals surface area (Å²) in [5.41, 5.74) is 2.34. The Morgan fingerprint density at radius 3 is 2.60 bits per heavy atom. The first-order valence-corrected chi connectivity index (χ1v) is 6.97. The molecule has 0 aliphatic heterocycles. The van der Waals surface area contributed by atoms with Crippen LogP contribution in [0.4, 0.5) is 5.82 Å². The van der Waals surface area contributed by atoms with Crippen LogP contribution in [0.1, 0.15) is 35.7 Å². The number of hydrogen-bond donors (Lipinski definition) is 1. The Bertz CT molecular complexity index is 636. The van der Waals surface area contributed by atoms with Gasteiger partial charge in [-0.15, -0.1) is 0 Å². The molecule has 20 heavy (non-hydrogen) atoms. The molecule has 3 rings (SSSR count). The first-order chi connectivity index (χ1) is 9.65. The number of anilines is 1. The molecule has 1 aliphatic rings. The zero-order valence-corrected chi connectivity index (χ0v) is 12.1. The van der Waals surface area contributed by atoms with E-state index in [2.05, 4.69) is 28.3 Å². The topological polar surface area (TPSA) is 47.0 Å².